The maximum atomic E-state index is 11.6. The summed E-state index contributed by atoms with van der Waals surface area (Å²) in [6.45, 7) is 1.44. The largest absolute Gasteiger partial charge is 0.465 e. The van der Waals surface area contributed by atoms with E-state index in [0.717, 1.165) is 26.1 Å². The van der Waals surface area contributed by atoms with Gasteiger partial charge in [0.2, 0.25) is 0 Å². The second-order valence-electron chi connectivity index (χ2n) is 4.19. The lowest BCUT2D eigenvalue weighted by atomic mass is 10.1. The summed E-state index contributed by atoms with van der Waals surface area (Å²) in [5.74, 6) is 0.0762. The number of esters is 1. The van der Waals surface area contributed by atoms with Crippen LogP contribution in [-0.2, 0) is 9.47 Å². The number of hydrogen-bond acceptors (Lipinski definition) is 6. The number of nitrogens with one attached hydrogen (secondary N) is 1. The van der Waals surface area contributed by atoms with Crippen LogP contribution in [0.25, 0.3) is 0 Å². The molecule has 1 fully saturated rings. The van der Waals surface area contributed by atoms with E-state index in [1.165, 1.54) is 13.3 Å². The van der Waals surface area contributed by atoms with Crippen LogP contribution in [0.4, 0.5) is 11.5 Å². The zero-order valence-corrected chi connectivity index (χ0v) is 10.3. The van der Waals surface area contributed by atoms with Gasteiger partial charge in [-0.1, -0.05) is 0 Å². The number of rotatable bonds is 3. The molecule has 1 aromatic rings. The van der Waals surface area contributed by atoms with Crippen LogP contribution in [0.15, 0.2) is 12.3 Å². The summed E-state index contributed by atoms with van der Waals surface area (Å²) in [5.41, 5.74) is 6.44. The number of anilines is 2. The predicted molar refractivity (Wildman–Crippen MR) is 67.5 cm³/mol. The van der Waals surface area contributed by atoms with E-state index >= 15 is 0 Å². The number of nitrogen functional groups attached to an aromatic ring is 1. The molecule has 2 heterocycles. The molecule has 1 aliphatic heterocycles. The van der Waals surface area contributed by atoms with E-state index in [9.17, 15) is 4.79 Å². The van der Waals surface area contributed by atoms with Gasteiger partial charge >= 0.3 is 5.97 Å². The number of methoxy groups -OCH3 is 1. The maximum absolute atomic E-state index is 11.6. The van der Waals surface area contributed by atoms with Gasteiger partial charge in [0, 0.05) is 19.3 Å². The van der Waals surface area contributed by atoms with Gasteiger partial charge in [-0.3, -0.25) is 0 Å². The molecule has 2 rings (SSSR count). The van der Waals surface area contributed by atoms with Crippen molar-refractivity contribution in [3.63, 3.8) is 0 Å². The molecule has 1 aromatic heterocycles. The molecule has 0 atom stereocenters. The summed E-state index contributed by atoms with van der Waals surface area (Å²) in [6.07, 6.45) is 3.31. The molecule has 0 radical (unpaired) electrons. The minimum atomic E-state index is -0.440. The van der Waals surface area contributed by atoms with Gasteiger partial charge in [0.1, 0.15) is 11.4 Å². The zero-order valence-electron chi connectivity index (χ0n) is 10.3. The van der Waals surface area contributed by atoms with Gasteiger partial charge in [-0.15, -0.1) is 0 Å². The van der Waals surface area contributed by atoms with Crippen molar-refractivity contribution < 1.29 is 14.3 Å². The van der Waals surface area contributed by atoms with Gasteiger partial charge in [-0.05, 0) is 18.9 Å². The van der Waals surface area contributed by atoms with Gasteiger partial charge < -0.3 is 20.5 Å². The monoisotopic (exact) mass is 251 g/mol. The van der Waals surface area contributed by atoms with Crippen LogP contribution in [0.5, 0.6) is 0 Å². The van der Waals surface area contributed by atoms with Gasteiger partial charge in [-0.2, -0.15) is 0 Å². The Hall–Kier alpha value is -1.82. The van der Waals surface area contributed by atoms with E-state index in [0.29, 0.717) is 17.1 Å². The maximum Gasteiger partial charge on any atom is 0.341 e. The van der Waals surface area contributed by atoms with Crippen molar-refractivity contribution in [1.82, 2.24) is 4.98 Å². The highest BCUT2D eigenvalue weighted by molar-refractivity contribution is 5.95. The van der Waals surface area contributed by atoms with Crippen LogP contribution in [0.3, 0.4) is 0 Å². The molecule has 0 spiro atoms. The first-order chi connectivity index (χ1) is 8.70. The molecule has 0 saturated carbocycles. The van der Waals surface area contributed by atoms with Crippen molar-refractivity contribution in [3.05, 3.63) is 17.8 Å². The van der Waals surface area contributed by atoms with Crippen molar-refractivity contribution in [2.45, 2.75) is 18.9 Å². The molecule has 18 heavy (non-hydrogen) atoms. The highest BCUT2D eigenvalue weighted by atomic mass is 16.5. The minimum Gasteiger partial charge on any atom is -0.465 e. The summed E-state index contributed by atoms with van der Waals surface area (Å²) in [4.78, 5) is 15.8. The number of pyridine rings is 1. The number of carbonyl (C=O) groups is 1. The number of carbonyl (C=O) groups excluding carboxylic acids is 1. The lowest BCUT2D eigenvalue weighted by Crippen LogP contribution is -2.29. The standard InChI is InChI=1S/C12H17N3O3/c1-17-12(16)10-6-8(13)7-14-11(10)15-9-2-4-18-5-3-9/h6-7,9H,2-5,13H2,1H3,(H,14,15). The van der Waals surface area contributed by atoms with Gasteiger partial charge in [0.15, 0.2) is 0 Å². The lowest BCUT2D eigenvalue weighted by molar-refractivity contribution is 0.0601. The Kier molecular flexibility index (Phi) is 3.99. The Morgan fingerprint density at radius 3 is 2.94 bits per heavy atom. The van der Waals surface area contributed by atoms with Crippen LogP contribution in [0.2, 0.25) is 0 Å². The van der Waals surface area contributed by atoms with Crippen LogP contribution in [-0.4, -0.2) is 37.3 Å². The van der Waals surface area contributed by atoms with Crippen molar-refractivity contribution >= 4 is 17.5 Å². The fraction of sp³-hybridized carbons (Fsp3) is 0.500. The van der Waals surface area contributed by atoms with Crippen molar-refractivity contribution in [1.29, 1.82) is 0 Å². The van der Waals surface area contributed by atoms with Crippen LogP contribution >= 0.6 is 0 Å². The first-order valence-corrected chi connectivity index (χ1v) is 5.89. The number of aromatic nitrogens is 1. The van der Waals surface area contributed by atoms with Crippen molar-refractivity contribution in [2.75, 3.05) is 31.4 Å². The molecule has 0 aromatic carbocycles. The average molecular weight is 251 g/mol. The Morgan fingerprint density at radius 2 is 2.28 bits per heavy atom. The average Bonchev–Trinajstić information content (AvgIpc) is 2.41. The second kappa shape index (κ2) is 5.68. The number of nitrogens with zero attached hydrogens (tertiary/aromatic N) is 1. The number of hydrogen-bond donors (Lipinski definition) is 2. The van der Waals surface area contributed by atoms with E-state index in [4.69, 9.17) is 15.2 Å². The van der Waals surface area contributed by atoms with Crippen molar-refractivity contribution in [3.8, 4) is 0 Å². The topological polar surface area (TPSA) is 86.5 Å². The van der Waals surface area contributed by atoms with Gasteiger partial charge in [-0.25, -0.2) is 9.78 Å². The smallest absolute Gasteiger partial charge is 0.341 e. The number of nitrogens with two attached hydrogens (primary N) is 1. The minimum absolute atomic E-state index is 0.262. The molecule has 0 amide bonds. The van der Waals surface area contributed by atoms with Crippen LogP contribution < -0.4 is 11.1 Å². The fourth-order valence-electron chi connectivity index (χ4n) is 1.90. The van der Waals surface area contributed by atoms with Gasteiger partial charge in [0.05, 0.1) is 19.0 Å². The third kappa shape index (κ3) is 2.89. The first kappa shape index (κ1) is 12.6. The zero-order chi connectivity index (χ0) is 13.0. The van der Waals surface area contributed by atoms with Crippen LogP contribution in [0, 0.1) is 0 Å². The van der Waals surface area contributed by atoms with Gasteiger partial charge in [0.25, 0.3) is 0 Å². The predicted octanol–water partition coefficient (Wildman–Crippen LogP) is 1.04. The lowest BCUT2D eigenvalue weighted by Gasteiger charge is -2.24. The van der Waals surface area contributed by atoms with E-state index < -0.39 is 5.97 Å². The Bertz CT molecular complexity index is 431. The second-order valence-corrected chi connectivity index (χ2v) is 4.19. The fourth-order valence-corrected chi connectivity index (χ4v) is 1.90. The highest BCUT2D eigenvalue weighted by Crippen LogP contribution is 2.20. The Balaban J connectivity index is 2.17. The third-order valence-electron chi connectivity index (χ3n) is 2.88. The SMILES string of the molecule is COC(=O)c1cc(N)cnc1NC1CCOCC1. The number of ether oxygens (including phenoxy) is 2. The summed E-state index contributed by atoms with van der Waals surface area (Å²) in [7, 11) is 1.34. The van der Waals surface area contributed by atoms with E-state index in [-0.39, 0.29) is 6.04 Å². The molecule has 98 valence electrons. The van der Waals surface area contributed by atoms with E-state index in [1.54, 1.807) is 6.07 Å². The van der Waals surface area contributed by atoms with E-state index in [2.05, 4.69) is 10.3 Å². The van der Waals surface area contributed by atoms with Crippen molar-refractivity contribution in [2.24, 2.45) is 0 Å². The van der Waals surface area contributed by atoms with E-state index in [1.807, 2.05) is 0 Å². The third-order valence-corrected chi connectivity index (χ3v) is 2.88. The molecule has 6 nitrogen and oxygen atoms in total. The summed E-state index contributed by atoms with van der Waals surface area (Å²) < 4.78 is 10.0. The molecule has 1 saturated heterocycles. The molecule has 0 unspecified atom stereocenters. The molecule has 0 bridgehead atoms. The Labute approximate surface area is 105 Å². The molecular formula is C12H17N3O3. The molecule has 6 heteroatoms. The molecule has 1 aliphatic rings. The summed E-state index contributed by atoms with van der Waals surface area (Å²) in [5, 5.41) is 3.24. The molecule has 3 N–H and O–H groups in total. The summed E-state index contributed by atoms with van der Waals surface area (Å²) >= 11 is 0. The quantitative estimate of drug-likeness (QED) is 0.781. The first-order valence-electron chi connectivity index (χ1n) is 5.89. The molecular weight excluding hydrogens is 234 g/mol. The highest BCUT2D eigenvalue weighted by Gasteiger charge is 2.19. The summed E-state index contributed by atoms with van der Waals surface area (Å²) in [6, 6.07) is 1.83. The Morgan fingerprint density at radius 1 is 1.56 bits per heavy atom. The normalized spacial score (nSPS) is 16.3. The molecule has 0 aliphatic carbocycles. The van der Waals surface area contributed by atoms with Crippen LogP contribution in [0.1, 0.15) is 23.2 Å².